The molecule has 2 atom stereocenters. The fraction of sp³-hybridized carbons (Fsp3) is 0.615. The third-order valence-corrected chi connectivity index (χ3v) is 3.13. The summed E-state index contributed by atoms with van der Waals surface area (Å²) < 4.78 is 5.94. The first-order valence-corrected chi connectivity index (χ1v) is 6.89. The van der Waals surface area contributed by atoms with Crippen molar-refractivity contribution < 1.29 is 9.53 Å². The number of urea groups is 1. The first kappa shape index (κ1) is 15.0. The lowest BCUT2D eigenvalue weighted by molar-refractivity contribution is -0.0588. The standard InChI is InChI=1S/C13H19ClN4O2/c1-8(20-13(2,3)4)9-7-16-12(19)18(9)10-5-6-15-11(14)17-10/h5-6,8-9H,7H2,1-4H3,(H,16,19)/t8-,9-/m1/s1. The Kier molecular flexibility index (Phi) is 4.15. The van der Waals surface area contributed by atoms with Crippen molar-refractivity contribution in [3.05, 3.63) is 17.5 Å². The predicted molar refractivity (Wildman–Crippen MR) is 77.0 cm³/mol. The minimum absolute atomic E-state index is 0.116. The lowest BCUT2D eigenvalue weighted by Gasteiger charge is -2.32. The summed E-state index contributed by atoms with van der Waals surface area (Å²) in [6.45, 7) is 8.42. The molecule has 110 valence electrons. The number of anilines is 1. The lowest BCUT2D eigenvalue weighted by Crippen LogP contribution is -2.45. The number of halogens is 1. The first-order chi connectivity index (χ1) is 9.28. The average molecular weight is 299 g/mol. The molecule has 1 saturated heterocycles. The molecule has 2 heterocycles. The quantitative estimate of drug-likeness (QED) is 0.869. The topological polar surface area (TPSA) is 67.3 Å². The molecule has 1 aliphatic rings. The Hall–Kier alpha value is -1.40. The van der Waals surface area contributed by atoms with Gasteiger partial charge < -0.3 is 10.1 Å². The second kappa shape index (κ2) is 5.54. The minimum Gasteiger partial charge on any atom is -0.371 e. The molecule has 1 aromatic rings. The van der Waals surface area contributed by atoms with Crippen LogP contribution in [0.4, 0.5) is 10.6 Å². The molecule has 20 heavy (non-hydrogen) atoms. The number of carbonyl (C=O) groups is 1. The molecule has 0 spiro atoms. The van der Waals surface area contributed by atoms with Gasteiger partial charge in [0.05, 0.1) is 17.7 Å². The van der Waals surface area contributed by atoms with Gasteiger partial charge in [-0.2, -0.15) is 0 Å². The monoisotopic (exact) mass is 298 g/mol. The second-order valence-corrected chi connectivity index (χ2v) is 6.08. The van der Waals surface area contributed by atoms with Gasteiger partial charge in [0.2, 0.25) is 5.28 Å². The molecule has 0 radical (unpaired) electrons. The van der Waals surface area contributed by atoms with E-state index in [0.717, 1.165) is 0 Å². The molecule has 0 aliphatic carbocycles. The van der Waals surface area contributed by atoms with Crippen molar-refractivity contribution in [2.75, 3.05) is 11.4 Å². The molecular formula is C13H19ClN4O2. The molecule has 1 fully saturated rings. The molecule has 1 aromatic heterocycles. The van der Waals surface area contributed by atoms with Crippen LogP contribution < -0.4 is 10.2 Å². The molecule has 0 aromatic carbocycles. The second-order valence-electron chi connectivity index (χ2n) is 5.74. The molecule has 2 rings (SSSR count). The summed E-state index contributed by atoms with van der Waals surface area (Å²) in [7, 11) is 0. The molecule has 0 bridgehead atoms. The Labute approximate surface area is 123 Å². The highest BCUT2D eigenvalue weighted by molar-refractivity contribution is 6.28. The van der Waals surface area contributed by atoms with E-state index >= 15 is 0 Å². The van der Waals surface area contributed by atoms with E-state index in [1.165, 1.54) is 6.20 Å². The van der Waals surface area contributed by atoms with Gasteiger partial charge in [-0.1, -0.05) is 0 Å². The number of hydrogen-bond acceptors (Lipinski definition) is 4. The molecule has 0 unspecified atom stereocenters. The largest absolute Gasteiger partial charge is 0.371 e. The molecular weight excluding hydrogens is 280 g/mol. The van der Waals surface area contributed by atoms with E-state index in [4.69, 9.17) is 16.3 Å². The minimum atomic E-state index is -0.278. The number of ether oxygens (including phenoxy) is 1. The van der Waals surface area contributed by atoms with Crippen LogP contribution >= 0.6 is 11.6 Å². The highest BCUT2D eigenvalue weighted by atomic mass is 35.5. The van der Waals surface area contributed by atoms with Gasteiger partial charge in [0.1, 0.15) is 5.82 Å². The molecule has 7 heteroatoms. The number of nitrogens with one attached hydrogen (secondary N) is 1. The summed E-state index contributed by atoms with van der Waals surface area (Å²) in [6, 6.07) is 1.33. The van der Waals surface area contributed by atoms with Gasteiger partial charge in [0.15, 0.2) is 0 Å². The third-order valence-electron chi connectivity index (χ3n) is 2.95. The lowest BCUT2D eigenvalue weighted by atomic mass is 10.1. The summed E-state index contributed by atoms with van der Waals surface area (Å²) in [5.74, 6) is 0.481. The van der Waals surface area contributed by atoms with Gasteiger partial charge >= 0.3 is 6.03 Å². The van der Waals surface area contributed by atoms with Crippen LogP contribution in [0, 0.1) is 0 Å². The van der Waals surface area contributed by atoms with Gasteiger partial charge in [0.25, 0.3) is 0 Å². The number of amides is 2. The van der Waals surface area contributed by atoms with Gasteiger partial charge in [-0.05, 0) is 45.4 Å². The molecule has 1 aliphatic heterocycles. The molecule has 2 amide bonds. The van der Waals surface area contributed by atoms with Crippen molar-refractivity contribution in [1.29, 1.82) is 0 Å². The van der Waals surface area contributed by atoms with Gasteiger partial charge in [-0.25, -0.2) is 14.8 Å². The zero-order valence-electron chi connectivity index (χ0n) is 12.1. The van der Waals surface area contributed by atoms with E-state index in [2.05, 4.69) is 15.3 Å². The van der Waals surface area contributed by atoms with Gasteiger partial charge in [0, 0.05) is 12.7 Å². The zero-order chi connectivity index (χ0) is 14.9. The smallest absolute Gasteiger partial charge is 0.323 e. The Morgan fingerprint density at radius 2 is 2.25 bits per heavy atom. The van der Waals surface area contributed by atoms with Crippen LogP contribution in [0.5, 0.6) is 0 Å². The van der Waals surface area contributed by atoms with Crippen LogP contribution in [-0.2, 0) is 4.74 Å². The number of rotatable bonds is 3. The SMILES string of the molecule is C[C@@H](OC(C)(C)C)[C@H]1CNC(=O)N1c1ccnc(Cl)n1. The molecule has 1 N–H and O–H groups in total. The number of hydrogen-bond donors (Lipinski definition) is 1. The third kappa shape index (κ3) is 3.37. The van der Waals surface area contributed by atoms with E-state index in [9.17, 15) is 4.79 Å². The fourth-order valence-electron chi connectivity index (χ4n) is 2.27. The van der Waals surface area contributed by atoms with Crippen LogP contribution in [0.2, 0.25) is 5.28 Å². The van der Waals surface area contributed by atoms with Gasteiger partial charge in [-0.3, -0.25) is 4.90 Å². The van der Waals surface area contributed by atoms with Crippen LogP contribution in [-0.4, -0.2) is 40.3 Å². The van der Waals surface area contributed by atoms with Crippen molar-refractivity contribution in [1.82, 2.24) is 15.3 Å². The summed E-state index contributed by atoms with van der Waals surface area (Å²) >= 11 is 5.79. The summed E-state index contributed by atoms with van der Waals surface area (Å²) in [5, 5.41) is 2.92. The Morgan fingerprint density at radius 3 is 2.85 bits per heavy atom. The fourth-order valence-corrected chi connectivity index (χ4v) is 2.41. The highest BCUT2D eigenvalue weighted by Crippen LogP contribution is 2.24. The summed E-state index contributed by atoms with van der Waals surface area (Å²) in [4.78, 5) is 21.5. The van der Waals surface area contributed by atoms with E-state index in [0.29, 0.717) is 12.4 Å². The summed E-state index contributed by atoms with van der Waals surface area (Å²) in [5.41, 5.74) is -0.278. The van der Waals surface area contributed by atoms with E-state index in [1.54, 1.807) is 11.0 Å². The number of carbonyl (C=O) groups excluding carboxylic acids is 1. The molecule has 0 saturated carbocycles. The van der Waals surface area contributed by atoms with Crippen molar-refractivity contribution in [2.45, 2.75) is 45.4 Å². The molecule has 6 nitrogen and oxygen atoms in total. The maximum atomic E-state index is 12.0. The Morgan fingerprint density at radius 1 is 1.55 bits per heavy atom. The zero-order valence-corrected chi connectivity index (χ0v) is 12.8. The summed E-state index contributed by atoms with van der Waals surface area (Å²) in [6.07, 6.45) is 1.39. The van der Waals surface area contributed by atoms with Crippen LogP contribution in [0.25, 0.3) is 0 Å². The average Bonchev–Trinajstić information content (AvgIpc) is 2.69. The Balaban J connectivity index is 2.23. The van der Waals surface area contributed by atoms with E-state index in [1.807, 2.05) is 27.7 Å². The van der Waals surface area contributed by atoms with Crippen molar-refractivity contribution in [2.24, 2.45) is 0 Å². The first-order valence-electron chi connectivity index (χ1n) is 6.51. The number of nitrogens with zero attached hydrogens (tertiary/aromatic N) is 3. The van der Waals surface area contributed by atoms with Crippen LogP contribution in [0.1, 0.15) is 27.7 Å². The van der Waals surface area contributed by atoms with E-state index < -0.39 is 0 Å². The van der Waals surface area contributed by atoms with Crippen molar-refractivity contribution in [3.63, 3.8) is 0 Å². The number of aromatic nitrogens is 2. The van der Waals surface area contributed by atoms with E-state index in [-0.39, 0.29) is 29.1 Å². The Bertz CT molecular complexity index is 503. The van der Waals surface area contributed by atoms with Crippen molar-refractivity contribution in [3.8, 4) is 0 Å². The predicted octanol–water partition coefficient (Wildman–Crippen LogP) is 2.23. The maximum absolute atomic E-state index is 12.0. The van der Waals surface area contributed by atoms with Crippen molar-refractivity contribution >= 4 is 23.4 Å². The van der Waals surface area contributed by atoms with Crippen LogP contribution in [0.3, 0.4) is 0 Å². The highest BCUT2D eigenvalue weighted by Gasteiger charge is 2.38. The van der Waals surface area contributed by atoms with Gasteiger partial charge in [-0.15, -0.1) is 0 Å². The van der Waals surface area contributed by atoms with Crippen LogP contribution in [0.15, 0.2) is 12.3 Å². The maximum Gasteiger partial charge on any atom is 0.323 e. The normalized spacial score (nSPS) is 20.9.